The van der Waals surface area contributed by atoms with Crippen LogP contribution in [0.1, 0.15) is 52.3 Å². The third-order valence-corrected chi connectivity index (χ3v) is 4.72. The molecule has 1 fully saturated rings. The first-order chi connectivity index (χ1) is 12.1. The topological polar surface area (TPSA) is 101 Å². The third-order valence-electron chi connectivity index (χ3n) is 4.72. The van der Waals surface area contributed by atoms with Gasteiger partial charge in [-0.1, -0.05) is 5.16 Å². The number of aromatic nitrogens is 3. The van der Waals surface area contributed by atoms with E-state index in [1.54, 1.807) is 11.8 Å². The molecule has 0 bridgehead atoms. The maximum atomic E-state index is 12.9. The minimum Gasteiger partial charge on any atom is -0.368 e. The zero-order valence-electron chi connectivity index (χ0n) is 14.1. The SMILES string of the molecule is Cc1nc([C@@H]2CN(C(=O)c3noc4c3CCCC4)CCO2)cc(=O)[nH]1. The van der Waals surface area contributed by atoms with Crippen molar-refractivity contribution in [2.45, 2.75) is 38.7 Å². The van der Waals surface area contributed by atoms with Crippen molar-refractivity contribution in [3.05, 3.63) is 45.0 Å². The molecular formula is C17H20N4O4. The number of hydrogen-bond donors (Lipinski definition) is 1. The molecule has 1 saturated heterocycles. The van der Waals surface area contributed by atoms with Gasteiger partial charge in [-0.25, -0.2) is 4.98 Å². The molecular weight excluding hydrogens is 324 g/mol. The van der Waals surface area contributed by atoms with Gasteiger partial charge in [0.2, 0.25) is 0 Å². The summed E-state index contributed by atoms with van der Waals surface area (Å²) in [7, 11) is 0. The van der Waals surface area contributed by atoms with E-state index >= 15 is 0 Å². The van der Waals surface area contributed by atoms with Crippen LogP contribution in [0.2, 0.25) is 0 Å². The van der Waals surface area contributed by atoms with Crippen molar-refractivity contribution in [3.63, 3.8) is 0 Å². The number of ether oxygens (including phenoxy) is 1. The first kappa shape index (κ1) is 16.0. The summed E-state index contributed by atoms with van der Waals surface area (Å²) in [6.45, 7) is 2.94. The average molecular weight is 344 g/mol. The summed E-state index contributed by atoms with van der Waals surface area (Å²) in [6, 6.07) is 1.42. The number of amides is 1. The Hall–Kier alpha value is -2.48. The molecule has 25 heavy (non-hydrogen) atoms. The number of aromatic amines is 1. The van der Waals surface area contributed by atoms with E-state index in [1.807, 2.05) is 0 Å². The van der Waals surface area contributed by atoms with Crippen LogP contribution < -0.4 is 5.56 Å². The van der Waals surface area contributed by atoms with Crippen LogP contribution in [0.3, 0.4) is 0 Å². The van der Waals surface area contributed by atoms with Gasteiger partial charge < -0.3 is 19.1 Å². The standard InChI is InChI=1S/C17H20N4O4/c1-10-18-12(8-15(22)19-10)14-9-21(6-7-24-14)17(23)16-11-4-2-3-5-13(11)25-20-16/h8,14H,2-7,9H2,1H3,(H,18,19,22)/t14-/m0/s1. The average Bonchev–Trinajstić information content (AvgIpc) is 3.04. The van der Waals surface area contributed by atoms with E-state index < -0.39 is 6.10 Å². The Balaban J connectivity index is 1.56. The number of nitrogens with one attached hydrogen (secondary N) is 1. The van der Waals surface area contributed by atoms with E-state index in [-0.39, 0.29) is 11.5 Å². The highest BCUT2D eigenvalue weighted by molar-refractivity contribution is 5.94. The number of H-pyrrole nitrogens is 1. The fourth-order valence-electron chi connectivity index (χ4n) is 3.48. The van der Waals surface area contributed by atoms with Crippen molar-refractivity contribution in [1.29, 1.82) is 0 Å². The van der Waals surface area contributed by atoms with Crippen molar-refractivity contribution >= 4 is 5.91 Å². The van der Waals surface area contributed by atoms with Crippen molar-refractivity contribution in [2.75, 3.05) is 19.7 Å². The molecule has 1 amide bonds. The van der Waals surface area contributed by atoms with Gasteiger partial charge in [0.05, 0.1) is 18.8 Å². The van der Waals surface area contributed by atoms with Gasteiger partial charge in [-0.05, 0) is 26.2 Å². The summed E-state index contributed by atoms with van der Waals surface area (Å²) in [4.78, 5) is 33.2. The van der Waals surface area contributed by atoms with E-state index in [1.165, 1.54) is 6.07 Å². The van der Waals surface area contributed by atoms with Gasteiger partial charge in [-0.15, -0.1) is 0 Å². The Morgan fingerprint density at radius 1 is 1.36 bits per heavy atom. The fraction of sp³-hybridized carbons (Fsp3) is 0.529. The van der Waals surface area contributed by atoms with E-state index in [0.717, 1.165) is 37.0 Å². The van der Waals surface area contributed by atoms with Crippen molar-refractivity contribution < 1.29 is 14.1 Å². The maximum Gasteiger partial charge on any atom is 0.276 e. The third kappa shape index (κ3) is 3.09. The van der Waals surface area contributed by atoms with Gasteiger partial charge in [0.1, 0.15) is 17.7 Å². The summed E-state index contributed by atoms with van der Waals surface area (Å²) in [5.74, 6) is 1.23. The quantitative estimate of drug-likeness (QED) is 0.877. The molecule has 1 N–H and O–H groups in total. The van der Waals surface area contributed by atoms with Crippen LogP contribution in [0.15, 0.2) is 15.4 Å². The van der Waals surface area contributed by atoms with Crippen LogP contribution >= 0.6 is 0 Å². The van der Waals surface area contributed by atoms with E-state index in [2.05, 4.69) is 15.1 Å². The Bertz CT molecular complexity index is 857. The molecule has 2 aromatic heterocycles. The van der Waals surface area contributed by atoms with E-state index in [4.69, 9.17) is 9.26 Å². The zero-order chi connectivity index (χ0) is 17.4. The van der Waals surface area contributed by atoms with Crippen molar-refractivity contribution in [3.8, 4) is 0 Å². The van der Waals surface area contributed by atoms with Crippen LogP contribution in [-0.4, -0.2) is 45.6 Å². The molecule has 4 rings (SSSR count). The molecule has 8 heteroatoms. The molecule has 3 heterocycles. The number of hydrogen-bond acceptors (Lipinski definition) is 6. The lowest BCUT2D eigenvalue weighted by Gasteiger charge is -2.32. The van der Waals surface area contributed by atoms with Gasteiger partial charge in [-0.3, -0.25) is 9.59 Å². The lowest BCUT2D eigenvalue weighted by atomic mass is 9.96. The number of aryl methyl sites for hydroxylation is 2. The van der Waals surface area contributed by atoms with Gasteiger partial charge in [-0.2, -0.15) is 0 Å². The number of carbonyl (C=O) groups is 1. The molecule has 2 aromatic rings. The minimum atomic E-state index is -0.415. The summed E-state index contributed by atoms with van der Waals surface area (Å²) in [6.07, 6.45) is 3.39. The molecule has 1 atom stereocenters. The first-order valence-corrected chi connectivity index (χ1v) is 8.58. The maximum absolute atomic E-state index is 12.9. The molecule has 132 valence electrons. The molecule has 1 aliphatic heterocycles. The van der Waals surface area contributed by atoms with Gasteiger partial charge in [0.15, 0.2) is 5.69 Å². The van der Waals surface area contributed by atoms with E-state index in [9.17, 15) is 9.59 Å². The van der Waals surface area contributed by atoms with Crippen molar-refractivity contribution in [2.24, 2.45) is 0 Å². The number of carbonyl (C=O) groups excluding carboxylic acids is 1. The summed E-state index contributed by atoms with van der Waals surface area (Å²) < 4.78 is 11.1. The summed E-state index contributed by atoms with van der Waals surface area (Å²) in [5, 5.41) is 4.02. The second kappa shape index (κ2) is 6.44. The molecule has 8 nitrogen and oxygen atoms in total. The Morgan fingerprint density at radius 3 is 3.04 bits per heavy atom. The lowest BCUT2D eigenvalue weighted by Crippen LogP contribution is -2.43. The van der Waals surface area contributed by atoms with Gasteiger partial charge in [0.25, 0.3) is 11.5 Å². The Morgan fingerprint density at radius 2 is 2.20 bits per heavy atom. The molecule has 0 saturated carbocycles. The molecule has 0 aromatic carbocycles. The highest BCUT2D eigenvalue weighted by Gasteiger charge is 2.32. The van der Waals surface area contributed by atoms with Crippen LogP contribution in [0.5, 0.6) is 0 Å². The second-order valence-corrected chi connectivity index (χ2v) is 6.51. The van der Waals surface area contributed by atoms with Crippen molar-refractivity contribution in [1.82, 2.24) is 20.0 Å². The Kier molecular flexibility index (Phi) is 4.12. The highest BCUT2D eigenvalue weighted by atomic mass is 16.5. The molecule has 0 spiro atoms. The summed E-state index contributed by atoms with van der Waals surface area (Å²) >= 11 is 0. The minimum absolute atomic E-state index is 0.137. The number of fused-ring (bicyclic) bond motifs is 1. The predicted octanol–water partition coefficient (Wildman–Crippen LogP) is 1.16. The van der Waals surface area contributed by atoms with Gasteiger partial charge >= 0.3 is 0 Å². The van der Waals surface area contributed by atoms with Gasteiger partial charge in [0, 0.05) is 24.6 Å². The zero-order valence-corrected chi connectivity index (χ0v) is 14.1. The largest absolute Gasteiger partial charge is 0.368 e. The van der Waals surface area contributed by atoms with Crippen LogP contribution in [-0.2, 0) is 17.6 Å². The fourth-order valence-corrected chi connectivity index (χ4v) is 3.48. The molecule has 2 aliphatic rings. The van der Waals surface area contributed by atoms with E-state index in [0.29, 0.717) is 36.9 Å². The molecule has 0 radical (unpaired) electrons. The lowest BCUT2D eigenvalue weighted by molar-refractivity contribution is -0.0252. The number of nitrogens with zero attached hydrogens (tertiary/aromatic N) is 3. The first-order valence-electron chi connectivity index (χ1n) is 8.58. The van der Waals surface area contributed by atoms with Crippen LogP contribution in [0.25, 0.3) is 0 Å². The highest BCUT2D eigenvalue weighted by Crippen LogP contribution is 2.27. The van der Waals surface area contributed by atoms with Crippen LogP contribution in [0, 0.1) is 6.92 Å². The molecule has 0 unspecified atom stereocenters. The molecule has 1 aliphatic carbocycles. The number of morpholine rings is 1. The predicted molar refractivity (Wildman–Crippen MR) is 87.3 cm³/mol. The number of rotatable bonds is 2. The smallest absolute Gasteiger partial charge is 0.276 e. The second-order valence-electron chi connectivity index (χ2n) is 6.51. The summed E-state index contributed by atoms with van der Waals surface area (Å²) in [5.41, 5.74) is 1.69. The Labute approximate surface area is 144 Å². The monoisotopic (exact) mass is 344 g/mol. The van der Waals surface area contributed by atoms with Crippen LogP contribution in [0.4, 0.5) is 0 Å². The normalized spacial score (nSPS) is 20.4.